The van der Waals surface area contributed by atoms with Crippen LogP contribution in [0.15, 0.2) is 17.0 Å². The highest BCUT2D eigenvalue weighted by atomic mass is 32.2. The van der Waals surface area contributed by atoms with E-state index in [1.807, 2.05) is 0 Å². The highest BCUT2D eigenvalue weighted by Gasteiger charge is 2.43. The number of nitrogens with one attached hydrogen (secondary N) is 1. The van der Waals surface area contributed by atoms with E-state index in [-0.39, 0.29) is 16.5 Å². The van der Waals surface area contributed by atoms with E-state index in [1.54, 1.807) is 0 Å². The number of amides is 5. The van der Waals surface area contributed by atoms with Gasteiger partial charge in [-0.1, -0.05) is 0 Å². The number of urea groups is 2. The fourth-order valence-corrected chi connectivity index (χ4v) is 3.31. The fourth-order valence-electron chi connectivity index (χ4n) is 2.51. The molecular formula is C16H15F4N3O3S. The van der Waals surface area contributed by atoms with Gasteiger partial charge >= 0.3 is 18.2 Å². The number of rotatable bonds is 4. The molecule has 0 spiro atoms. The van der Waals surface area contributed by atoms with Crippen LogP contribution in [0.25, 0.3) is 0 Å². The third kappa shape index (κ3) is 4.34. The molecule has 1 aliphatic carbocycles. The number of alkyl halides is 3. The van der Waals surface area contributed by atoms with Gasteiger partial charge in [0.2, 0.25) is 0 Å². The molecule has 3 rings (SSSR count). The summed E-state index contributed by atoms with van der Waals surface area (Å²) >= 11 is 0.428. The van der Waals surface area contributed by atoms with E-state index < -0.39 is 47.9 Å². The van der Waals surface area contributed by atoms with Gasteiger partial charge in [-0.15, -0.1) is 11.8 Å². The van der Waals surface area contributed by atoms with Crippen LogP contribution in [0.4, 0.5) is 32.8 Å². The van der Waals surface area contributed by atoms with Crippen LogP contribution >= 0.6 is 11.8 Å². The number of nitrogens with zero attached hydrogens (tertiary/aromatic N) is 2. The van der Waals surface area contributed by atoms with Crippen LogP contribution in [-0.4, -0.2) is 47.4 Å². The lowest BCUT2D eigenvalue weighted by Gasteiger charge is -2.18. The van der Waals surface area contributed by atoms with Crippen LogP contribution in [0.2, 0.25) is 0 Å². The van der Waals surface area contributed by atoms with Crippen LogP contribution in [0, 0.1) is 12.7 Å². The van der Waals surface area contributed by atoms with E-state index in [0.717, 1.165) is 25.0 Å². The average molecular weight is 405 g/mol. The van der Waals surface area contributed by atoms with Gasteiger partial charge in [-0.3, -0.25) is 4.79 Å². The predicted octanol–water partition coefficient (Wildman–Crippen LogP) is 3.43. The summed E-state index contributed by atoms with van der Waals surface area (Å²) in [5.41, 5.74) is -0.227. The highest BCUT2D eigenvalue weighted by molar-refractivity contribution is 7.99. The number of hydrogen-bond donors (Lipinski definition) is 1. The van der Waals surface area contributed by atoms with Crippen molar-refractivity contribution in [3.05, 3.63) is 23.5 Å². The zero-order valence-electron chi connectivity index (χ0n) is 14.1. The SMILES string of the molecule is Cc1cc(F)c(N2C(=O)CN(C(=O)NC3CC3)C2=O)cc1SCC(F)(F)F. The number of thioether (sulfide) groups is 1. The van der Waals surface area contributed by atoms with Crippen LogP contribution in [0.1, 0.15) is 18.4 Å². The molecule has 11 heteroatoms. The zero-order chi connectivity index (χ0) is 19.9. The first-order chi connectivity index (χ1) is 12.6. The molecule has 0 bridgehead atoms. The normalized spacial score (nSPS) is 17.7. The minimum absolute atomic E-state index is 0.0454. The lowest BCUT2D eigenvalue weighted by atomic mass is 10.2. The van der Waals surface area contributed by atoms with Gasteiger partial charge in [0.25, 0.3) is 5.91 Å². The lowest BCUT2D eigenvalue weighted by Crippen LogP contribution is -2.43. The highest BCUT2D eigenvalue weighted by Crippen LogP contribution is 2.35. The molecule has 0 unspecified atom stereocenters. The zero-order valence-corrected chi connectivity index (χ0v) is 14.9. The molecule has 2 fully saturated rings. The summed E-state index contributed by atoms with van der Waals surface area (Å²) < 4.78 is 51.7. The van der Waals surface area contributed by atoms with Gasteiger partial charge in [-0.05, 0) is 37.5 Å². The second-order valence-electron chi connectivity index (χ2n) is 6.29. The van der Waals surface area contributed by atoms with Crippen molar-refractivity contribution < 1.29 is 31.9 Å². The minimum atomic E-state index is -4.43. The smallest absolute Gasteiger partial charge is 0.335 e. The molecule has 0 aromatic heterocycles. The Morgan fingerprint density at radius 2 is 1.96 bits per heavy atom. The Balaban J connectivity index is 1.84. The third-order valence-corrected chi connectivity index (χ3v) is 5.21. The summed E-state index contributed by atoms with van der Waals surface area (Å²) in [5.74, 6) is -2.97. The maximum Gasteiger partial charge on any atom is 0.398 e. The molecular weight excluding hydrogens is 390 g/mol. The van der Waals surface area contributed by atoms with Gasteiger partial charge in [-0.2, -0.15) is 13.2 Å². The number of aryl methyl sites for hydroxylation is 1. The Labute approximate surface area is 155 Å². The molecule has 1 heterocycles. The van der Waals surface area contributed by atoms with Crippen molar-refractivity contribution in [2.45, 2.75) is 36.9 Å². The van der Waals surface area contributed by atoms with E-state index >= 15 is 0 Å². The quantitative estimate of drug-likeness (QED) is 0.473. The van der Waals surface area contributed by atoms with E-state index in [1.165, 1.54) is 6.92 Å². The molecule has 2 aliphatic rings. The van der Waals surface area contributed by atoms with Gasteiger partial charge < -0.3 is 5.32 Å². The number of hydrogen-bond acceptors (Lipinski definition) is 4. The lowest BCUT2D eigenvalue weighted by molar-refractivity contribution is -0.116. The van der Waals surface area contributed by atoms with Crippen molar-refractivity contribution in [3.8, 4) is 0 Å². The monoisotopic (exact) mass is 405 g/mol. The van der Waals surface area contributed by atoms with Gasteiger partial charge in [0.15, 0.2) is 0 Å². The molecule has 1 aromatic carbocycles. The number of carbonyl (C=O) groups excluding carboxylic acids is 3. The Kier molecular flexibility index (Phi) is 5.06. The van der Waals surface area contributed by atoms with E-state index in [0.29, 0.717) is 21.6 Å². The van der Waals surface area contributed by atoms with Crippen LogP contribution in [0.3, 0.4) is 0 Å². The standard InChI is InChI=1S/C16H15F4N3O3S/c1-8-4-10(17)11(5-12(8)27-7-16(18,19)20)23-13(24)6-22(15(23)26)14(25)21-9-2-3-9/h4-5,9H,2-3,6-7H2,1H3,(H,21,25). The molecule has 27 heavy (non-hydrogen) atoms. The van der Waals surface area contributed by atoms with Crippen molar-refractivity contribution in [3.63, 3.8) is 0 Å². The van der Waals surface area contributed by atoms with Gasteiger partial charge in [-0.25, -0.2) is 23.8 Å². The van der Waals surface area contributed by atoms with Gasteiger partial charge in [0.05, 0.1) is 11.4 Å². The Morgan fingerprint density at radius 1 is 1.30 bits per heavy atom. The van der Waals surface area contributed by atoms with Gasteiger partial charge in [0, 0.05) is 10.9 Å². The number of benzene rings is 1. The first-order valence-corrected chi connectivity index (χ1v) is 9.00. The topological polar surface area (TPSA) is 69.7 Å². The Hall–Kier alpha value is -2.30. The third-order valence-electron chi connectivity index (χ3n) is 3.99. The molecule has 1 N–H and O–H groups in total. The molecule has 1 aromatic rings. The largest absolute Gasteiger partial charge is 0.398 e. The van der Waals surface area contributed by atoms with Crippen molar-refractivity contribution in [1.29, 1.82) is 0 Å². The maximum absolute atomic E-state index is 14.4. The van der Waals surface area contributed by atoms with Crippen LogP contribution < -0.4 is 10.2 Å². The Bertz CT molecular complexity index is 811. The van der Waals surface area contributed by atoms with Crippen molar-refractivity contribution in [1.82, 2.24) is 10.2 Å². The number of carbonyl (C=O) groups is 3. The molecule has 5 amide bonds. The second kappa shape index (κ2) is 7.02. The number of halogens is 4. The molecule has 6 nitrogen and oxygen atoms in total. The first kappa shape index (κ1) is 19.5. The summed E-state index contributed by atoms with van der Waals surface area (Å²) in [7, 11) is 0. The molecule has 0 radical (unpaired) electrons. The van der Waals surface area contributed by atoms with E-state index in [4.69, 9.17) is 0 Å². The molecule has 0 atom stereocenters. The maximum atomic E-state index is 14.4. The van der Waals surface area contributed by atoms with Crippen LogP contribution in [0.5, 0.6) is 0 Å². The van der Waals surface area contributed by atoms with Gasteiger partial charge in [0.1, 0.15) is 12.4 Å². The summed E-state index contributed by atoms with van der Waals surface area (Å²) in [6, 6.07) is 0.155. The minimum Gasteiger partial charge on any atom is -0.335 e. The number of imide groups is 2. The van der Waals surface area contributed by atoms with Crippen LogP contribution in [-0.2, 0) is 4.79 Å². The van der Waals surface area contributed by atoms with Crippen molar-refractivity contribution in [2.24, 2.45) is 0 Å². The molecule has 1 saturated carbocycles. The van der Waals surface area contributed by atoms with E-state index in [9.17, 15) is 31.9 Å². The average Bonchev–Trinajstić information content (AvgIpc) is 3.31. The van der Waals surface area contributed by atoms with Crippen molar-refractivity contribution >= 4 is 35.4 Å². The summed E-state index contributed by atoms with van der Waals surface area (Å²) in [6.07, 6.45) is -2.88. The molecule has 1 aliphatic heterocycles. The summed E-state index contributed by atoms with van der Waals surface area (Å²) in [5, 5.41) is 2.56. The van der Waals surface area contributed by atoms with E-state index in [2.05, 4.69) is 5.32 Å². The first-order valence-electron chi connectivity index (χ1n) is 8.01. The fraction of sp³-hybridized carbons (Fsp3) is 0.438. The predicted molar refractivity (Wildman–Crippen MR) is 89.1 cm³/mol. The summed E-state index contributed by atoms with van der Waals surface area (Å²) in [4.78, 5) is 37.9. The molecule has 1 saturated heterocycles. The van der Waals surface area contributed by atoms with Crippen molar-refractivity contribution in [2.75, 3.05) is 17.2 Å². The second-order valence-corrected chi connectivity index (χ2v) is 7.31. The number of anilines is 1. The molecule has 146 valence electrons. The summed E-state index contributed by atoms with van der Waals surface area (Å²) in [6.45, 7) is 0.865. The Morgan fingerprint density at radius 3 is 2.56 bits per heavy atom.